The third kappa shape index (κ3) is 4.54. The standard InChI is InChI=1S/C19H25F3N2O/c1-14-9-17(19(20,21)22)24-13-16(7-8-18(24)25)12-23(10-14)11-15-5-3-2-4-6-15/h2-6,14,16-17H,7-13H2,1H3/t14?,16-,17-/m1/s1. The number of carbonyl (C=O) groups is 1. The van der Waals surface area contributed by atoms with Crippen molar-refractivity contribution in [2.24, 2.45) is 11.8 Å². The van der Waals surface area contributed by atoms with E-state index in [9.17, 15) is 18.0 Å². The van der Waals surface area contributed by atoms with E-state index in [2.05, 4.69) is 4.90 Å². The van der Waals surface area contributed by atoms with Crippen molar-refractivity contribution in [1.82, 2.24) is 9.80 Å². The van der Waals surface area contributed by atoms with Gasteiger partial charge >= 0.3 is 6.18 Å². The number of hydrogen-bond acceptors (Lipinski definition) is 2. The molecule has 6 heteroatoms. The van der Waals surface area contributed by atoms with E-state index in [1.54, 1.807) is 0 Å². The number of alkyl halides is 3. The molecule has 3 rings (SSSR count). The van der Waals surface area contributed by atoms with E-state index in [0.29, 0.717) is 13.0 Å². The zero-order valence-electron chi connectivity index (χ0n) is 14.5. The summed E-state index contributed by atoms with van der Waals surface area (Å²) in [5.74, 6) is -0.360. The Morgan fingerprint density at radius 1 is 1.12 bits per heavy atom. The van der Waals surface area contributed by atoms with Crippen molar-refractivity contribution in [3.05, 3.63) is 35.9 Å². The first-order chi connectivity index (χ1) is 11.8. The lowest BCUT2D eigenvalue weighted by Crippen LogP contribution is -2.53. The Hall–Kier alpha value is -1.56. The summed E-state index contributed by atoms with van der Waals surface area (Å²) in [5.41, 5.74) is 1.17. The normalized spacial score (nSPS) is 29.0. The Balaban J connectivity index is 1.81. The summed E-state index contributed by atoms with van der Waals surface area (Å²) < 4.78 is 40.7. The minimum absolute atomic E-state index is 0.0206. The first-order valence-corrected chi connectivity index (χ1v) is 8.95. The van der Waals surface area contributed by atoms with Gasteiger partial charge in [-0.2, -0.15) is 13.2 Å². The highest BCUT2D eigenvalue weighted by molar-refractivity contribution is 5.77. The van der Waals surface area contributed by atoms with Gasteiger partial charge in [0.1, 0.15) is 6.04 Å². The molecule has 2 saturated heterocycles. The van der Waals surface area contributed by atoms with Gasteiger partial charge in [0.25, 0.3) is 0 Å². The molecule has 2 heterocycles. The van der Waals surface area contributed by atoms with Crippen LogP contribution in [0.1, 0.15) is 31.7 Å². The number of hydrogen-bond donors (Lipinski definition) is 0. The predicted octanol–water partition coefficient (Wildman–Crippen LogP) is 3.70. The SMILES string of the molecule is CC1C[C@H](C(F)(F)F)N2C[C@H](CCC2=O)CN(Cc2ccccc2)C1. The van der Waals surface area contributed by atoms with Crippen molar-refractivity contribution < 1.29 is 18.0 Å². The molecule has 2 aliphatic heterocycles. The molecule has 0 N–H and O–H groups in total. The van der Waals surface area contributed by atoms with Crippen LogP contribution < -0.4 is 0 Å². The molecule has 2 bridgehead atoms. The van der Waals surface area contributed by atoms with Gasteiger partial charge < -0.3 is 4.90 Å². The fraction of sp³-hybridized carbons (Fsp3) is 0.632. The molecule has 3 atom stereocenters. The second kappa shape index (κ2) is 7.36. The highest BCUT2D eigenvalue weighted by Crippen LogP contribution is 2.35. The van der Waals surface area contributed by atoms with Crippen molar-refractivity contribution >= 4 is 5.91 Å². The molecular formula is C19H25F3N2O. The van der Waals surface area contributed by atoms with Crippen LogP contribution in [-0.4, -0.2) is 47.6 Å². The average Bonchev–Trinajstić information content (AvgIpc) is 2.59. The van der Waals surface area contributed by atoms with Crippen molar-refractivity contribution in [2.45, 2.75) is 44.9 Å². The molecule has 138 valence electrons. The van der Waals surface area contributed by atoms with E-state index >= 15 is 0 Å². The van der Waals surface area contributed by atoms with Gasteiger partial charge in [0, 0.05) is 32.6 Å². The molecule has 0 aromatic heterocycles. The van der Waals surface area contributed by atoms with E-state index in [0.717, 1.165) is 18.0 Å². The summed E-state index contributed by atoms with van der Waals surface area (Å²) in [6, 6.07) is 8.38. The molecule has 2 aliphatic rings. The Morgan fingerprint density at radius 2 is 1.84 bits per heavy atom. The van der Waals surface area contributed by atoms with Gasteiger partial charge in [0.15, 0.2) is 0 Å². The Labute approximate surface area is 146 Å². The highest BCUT2D eigenvalue weighted by Gasteiger charge is 2.48. The van der Waals surface area contributed by atoms with Crippen LogP contribution in [0.15, 0.2) is 30.3 Å². The topological polar surface area (TPSA) is 23.6 Å². The maximum absolute atomic E-state index is 13.6. The van der Waals surface area contributed by atoms with Crippen LogP contribution >= 0.6 is 0 Å². The molecule has 1 aromatic rings. The maximum Gasteiger partial charge on any atom is 0.408 e. The lowest BCUT2D eigenvalue weighted by molar-refractivity contribution is -0.196. The molecule has 0 spiro atoms. The number of fused-ring (bicyclic) bond motifs is 2. The minimum Gasteiger partial charge on any atom is -0.330 e. The second-order valence-corrected chi connectivity index (χ2v) is 7.53. The number of piperidine rings is 1. The Kier molecular flexibility index (Phi) is 5.37. The van der Waals surface area contributed by atoms with E-state index in [4.69, 9.17) is 0 Å². The van der Waals surface area contributed by atoms with Crippen LogP contribution in [0.5, 0.6) is 0 Å². The van der Waals surface area contributed by atoms with Crippen LogP contribution in [-0.2, 0) is 11.3 Å². The summed E-state index contributed by atoms with van der Waals surface area (Å²) in [6.07, 6.45) is -3.47. The molecule has 0 aliphatic carbocycles. The molecule has 0 saturated carbocycles. The fourth-order valence-corrected chi connectivity index (χ4v) is 4.14. The molecule has 1 amide bonds. The number of rotatable bonds is 2. The van der Waals surface area contributed by atoms with Crippen LogP contribution in [0.4, 0.5) is 13.2 Å². The van der Waals surface area contributed by atoms with Crippen molar-refractivity contribution in [2.75, 3.05) is 19.6 Å². The summed E-state index contributed by atoms with van der Waals surface area (Å²) in [5, 5.41) is 0. The van der Waals surface area contributed by atoms with Crippen molar-refractivity contribution in [1.29, 1.82) is 0 Å². The second-order valence-electron chi connectivity index (χ2n) is 7.53. The predicted molar refractivity (Wildman–Crippen MR) is 89.8 cm³/mol. The van der Waals surface area contributed by atoms with Crippen LogP contribution in [0.3, 0.4) is 0 Å². The third-order valence-corrected chi connectivity index (χ3v) is 5.26. The number of benzene rings is 1. The first-order valence-electron chi connectivity index (χ1n) is 8.95. The van der Waals surface area contributed by atoms with E-state index in [-0.39, 0.29) is 37.1 Å². The van der Waals surface area contributed by atoms with Gasteiger partial charge in [-0.15, -0.1) is 0 Å². The fourth-order valence-electron chi connectivity index (χ4n) is 4.14. The zero-order valence-corrected chi connectivity index (χ0v) is 14.5. The summed E-state index contributed by atoms with van der Waals surface area (Å²) in [7, 11) is 0. The van der Waals surface area contributed by atoms with Gasteiger partial charge in [0.2, 0.25) is 5.91 Å². The quantitative estimate of drug-likeness (QED) is 0.809. The van der Waals surface area contributed by atoms with Gasteiger partial charge in [0.05, 0.1) is 0 Å². The molecular weight excluding hydrogens is 329 g/mol. The van der Waals surface area contributed by atoms with Gasteiger partial charge in [-0.25, -0.2) is 0 Å². The molecule has 1 unspecified atom stereocenters. The lowest BCUT2D eigenvalue weighted by atomic mass is 9.94. The number of amides is 1. The van der Waals surface area contributed by atoms with Gasteiger partial charge in [-0.3, -0.25) is 9.69 Å². The summed E-state index contributed by atoms with van der Waals surface area (Å²) in [4.78, 5) is 15.5. The molecule has 25 heavy (non-hydrogen) atoms. The highest BCUT2D eigenvalue weighted by atomic mass is 19.4. The molecule has 0 radical (unpaired) electrons. The van der Waals surface area contributed by atoms with Gasteiger partial charge in [-0.1, -0.05) is 37.3 Å². The first kappa shape index (κ1) is 18.2. The Bertz CT molecular complexity index is 590. The van der Waals surface area contributed by atoms with Crippen molar-refractivity contribution in [3.8, 4) is 0 Å². The smallest absolute Gasteiger partial charge is 0.330 e. The summed E-state index contributed by atoms with van der Waals surface area (Å²) in [6.45, 7) is 4.19. The van der Waals surface area contributed by atoms with E-state index in [1.165, 1.54) is 5.56 Å². The van der Waals surface area contributed by atoms with Crippen LogP contribution in [0.2, 0.25) is 0 Å². The Morgan fingerprint density at radius 3 is 2.52 bits per heavy atom. The van der Waals surface area contributed by atoms with Crippen LogP contribution in [0.25, 0.3) is 0 Å². The third-order valence-electron chi connectivity index (χ3n) is 5.26. The monoisotopic (exact) mass is 354 g/mol. The van der Waals surface area contributed by atoms with E-state index in [1.807, 2.05) is 37.3 Å². The zero-order chi connectivity index (χ0) is 18.0. The van der Waals surface area contributed by atoms with Gasteiger partial charge in [-0.05, 0) is 30.2 Å². The average molecular weight is 354 g/mol. The number of carbonyl (C=O) groups excluding carboxylic acids is 1. The molecule has 1 aromatic carbocycles. The van der Waals surface area contributed by atoms with Crippen molar-refractivity contribution in [3.63, 3.8) is 0 Å². The number of nitrogens with zero attached hydrogens (tertiary/aromatic N) is 2. The van der Waals surface area contributed by atoms with Crippen LogP contribution in [0, 0.1) is 11.8 Å². The largest absolute Gasteiger partial charge is 0.408 e. The molecule has 3 nitrogen and oxygen atoms in total. The van der Waals surface area contributed by atoms with E-state index < -0.39 is 12.2 Å². The maximum atomic E-state index is 13.6. The number of halogens is 3. The lowest BCUT2D eigenvalue weighted by Gasteiger charge is -2.39. The summed E-state index contributed by atoms with van der Waals surface area (Å²) >= 11 is 0. The molecule has 2 fully saturated rings. The minimum atomic E-state index is -4.36.